The molecule has 1 aliphatic carbocycles. The van der Waals surface area contributed by atoms with E-state index >= 15 is 0 Å². The van der Waals surface area contributed by atoms with Crippen LogP contribution in [-0.2, 0) is 0 Å². The summed E-state index contributed by atoms with van der Waals surface area (Å²) in [4.78, 5) is 0. The second-order valence-electron chi connectivity index (χ2n) is 3.76. The van der Waals surface area contributed by atoms with Crippen LogP contribution in [0.5, 0.6) is 0 Å². The van der Waals surface area contributed by atoms with E-state index in [1.807, 2.05) is 6.55 Å². The predicted octanol–water partition coefficient (Wildman–Crippen LogP) is 4.28. The Balaban J connectivity index is 2.19. The van der Waals surface area contributed by atoms with Gasteiger partial charge in [-0.3, -0.25) is 0 Å². The SMILES string of the molecule is C[Si](Cl)(Cl)CCC1CC=CCC1. The zero-order valence-corrected chi connectivity index (χ0v) is 10.0. The van der Waals surface area contributed by atoms with Crippen molar-refractivity contribution in [3.63, 3.8) is 0 Å². The van der Waals surface area contributed by atoms with Crippen molar-refractivity contribution in [3.05, 3.63) is 12.2 Å². The van der Waals surface area contributed by atoms with E-state index < -0.39 is 6.69 Å². The van der Waals surface area contributed by atoms with Gasteiger partial charge in [-0.05, 0) is 37.8 Å². The second-order valence-corrected chi connectivity index (χ2v) is 12.0. The first-order chi connectivity index (χ1) is 5.58. The topological polar surface area (TPSA) is 0 Å². The molecule has 1 rings (SSSR count). The van der Waals surface area contributed by atoms with Gasteiger partial charge in [0.25, 0.3) is 0 Å². The third kappa shape index (κ3) is 4.54. The molecule has 0 radical (unpaired) electrons. The molecule has 0 amide bonds. The summed E-state index contributed by atoms with van der Waals surface area (Å²) in [5, 5.41) is 0. The van der Waals surface area contributed by atoms with Crippen molar-refractivity contribution in [3.8, 4) is 0 Å². The maximum Gasteiger partial charge on any atom is 0.248 e. The zero-order chi connectivity index (χ0) is 9.03. The van der Waals surface area contributed by atoms with Crippen molar-refractivity contribution in [1.82, 2.24) is 0 Å². The summed E-state index contributed by atoms with van der Waals surface area (Å²) in [5.41, 5.74) is 0. The molecule has 0 aromatic rings. The van der Waals surface area contributed by atoms with E-state index in [4.69, 9.17) is 22.2 Å². The standard InChI is InChI=1S/C9H16Cl2Si/c1-12(10,11)8-7-9-5-3-2-4-6-9/h2-3,9H,4-8H2,1H3. The first-order valence-corrected chi connectivity index (χ1v) is 9.34. The summed E-state index contributed by atoms with van der Waals surface area (Å²) in [5.74, 6) is 0.847. The lowest BCUT2D eigenvalue weighted by molar-refractivity contribution is 0.464. The van der Waals surface area contributed by atoms with Crippen LogP contribution in [0.4, 0.5) is 0 Å². The molecule has 0 spiro atoms. The Morgan fingerprint density at radius 2 is 2.17 bits per heavy atom. The van der Waals surface area contributed by atoms with Crippen molar-refractivity contribution in [2.45, 2.75) is 38.3 Å². The molecule has 1 aliphatic rings. The molecule has 0 N–H and O–H groups in total. The Hall–Kier alpha value is 0.537. The summed E-state index contributed by atoms with van der Waals surface area (Å²) < 4.78 is 0. The smallest absolute Gasteiger partial charge is 0.146 e. The van der Waals surface area contributed by atoms with E-state index in [0.717, 1.165) is 12.0 Å². The van der Waals surface area contributed by atoms with Crippen LogP contribution >= 0.6 is 22.2 Å². The summed E-state index contributed by atoms with van der Waals surface area (Å²) in [6.07, 6.45) is 9.59. The Morgan fingerprint density at radius 3 is 2.67 bits per heavy atom. The van der Waals surface area contributed by atoms with Gasteiger partial charge in [0.15, 0.2) is 0 Å². The molecule has 0 saturated carbocycles. The average molecular weight is 223 g/mol. The lowest BCUT2D eigenvalue weighted by Gasteiger charge is -2.19. The molecule has 0 bridgehead atoms. The van der Waals surface area contributed by atoms with Crippen molar-refractivity contribution in [2.75, 3.05) is 0 Å². The first kappa shape index (κ1) is 10.6. The first-order valence-electron chi connectivity index (χ1n) is 4.61. The summed E-state index contributed by atoms with van der Waals surface area (Å²) >= 11 is 12.1. The highest BCUT2D eigenvalue weighted by atomic mass is 35.7. The third-order valence-electron chi connectivity index (χ3n) is 2.37. The molecule has 12 heavy (non-hydrogen) atoms. The van der Waals surface area contributed by atoms with Gasteiger partial charge < -0.3 is 0 Å². The van der Waals surface area contributed by atoms with Crippen LogP contribution in [0.25, 0.3) is 0 Å². The van der Waals surface area contributed by atoms with E-state index in [1.54, 1.807) is 0 Å². The maximum absolute atomic E-state index is 6.04. The molecule has 0 saturated heterocycles. The van der Waals surface area contributed by atoms with Crippen LogP contribution in [0.15, 0.2) is 12.2 Å². The van der Waals surface area contributed by atoms with Gasteiger partial charge in [-0.1, -0.05) is 18.6 Å². The molecular formula is C9H16Cl2Si. The van der Waals surface area contributed by atoms with E-state index in [2.05, 4.69) is 12.2 Å². The number of rotatable bonds is 3. The fourth-order valence-electron chi connectivity index (χ4n) is 1.58. The molecule has 0 aliphatic heterocycles. The molecule has 1 atom stereocenters. The van der Waals surface area contributed by atoms with Gasteiger partial charge in [0.1, 0.15) is 0 Å². The minimum absolute atomic E-state index is 0.847. The third-order valence-corrected chi connectivity index (χ3v) is 4.67. The van der Waals surface area contributed by atoms with Gasteiger partial charge in [-0.25, -0.2) is 0 Å². The molecular weight excluding hydrogens is 207 g/mol. The Morgan fingerprint density at radius 1 is 1.42 bits per heavy atom. The van der Waals surface area contributed by atoms with E-state index in [1.165, 1.54) is 25.7 Å². The van der Waals surface area contributed by atoms with E-state index in [9.17, 15) is 0 Å². The molecule has 1 unspecified atom stereocenters. The van der Waals surface area contributed by atoms with Crippen molar-refractivity contribution in [1.29, 1.82) is 0 Å². The molecule has 0 heterocycles. The van der Waals surface area contributed by atoms with E-state index in [0.29, 0.717) is 0 Å². The molecule has 0 fully saturated rings. The van der Waals surface area contributed by atoms with E-state index in [-0.39, 0.29) is 0 Å². The van der Waals surface area contributed by atoms with Crippen LogP contribution in [-0.4, -0.2) is 6.69 Å². The molecule has 0 nitrogen and oxygen atoms in total. The fraction of sp³-hybridized carbons (Fsp3) is 0.778. The van der Waals surface area contributed by atoms with Crippen LogP contribution in [0.1, 0.15) is 25.7 Å². The summed E-state index contributed by atoms with van der Waals surface area (Å²) in [7, 11) is 0. The Labute approximate surface area is 85.4 Å². The average Bonchev–Trinajstić information content (AvgIpc) is 2.02. The monoisotopic (exact) mass is 222 g/mol. The zero-order valence-electron chi connectivity index (χ0n) is 7.52. The van der Waals surface area contributed by atoms with Crippen LogP contribution in [0.2, 0.25) is 12.6 Å². The van der Waals surface area contributed by atoms with Gasteiger partial charge in [-0.2, -0.15) is 0 Å². The highest BCUT2D eigenvalue weighted by Crippen LogP contribution is 2.29. The molecule has 3 heteroatoms. The number of halogens is 2. The van der Waals surface area contributed by atoms with Gasteiger partial charge in [-0.15, -0.1) is 22.2 Å². The second kappa shape index (κ2) is 4.68. The van der Waals surface area contributed by atoms with Crippen molar-refractivity contribution in [2.24, 2.45) is 5.92 Å². The summed E-state index contributed by atoms with van der Waals surface area (Å²) in [6.45, 7) is 0.188. The number of allylic oxidation sites excluding steroid dienone is 2. The minimum Gasteiger partial charge on any atom is -0.146 e. The number of hydrogen-bond acceptors (Lipinski definition) is 0. The van der Waals surface area contributed by atoms with Gasteiger partial charge >= 0.3 is 0 Å². The van der Waals surface area contributed by atoms with Crippen molar-refractivity contribution < 1.29 is 0 Å². The largest absolute Gasteiger partial charge is 0.248 e. The highest BCUT2D eigenvalue weighted by molar-refractivity contribution is 7.44. The lowest BCUT2D eigenvalue weighted by atomic mass is 9.92. The highest BCUT2D eigenvalue weighted by Gasteiger charge is 2.22. The van der Waals surface area contributed by atoms with Gasteiger partial charge in [0.05, 0.1) is 0 Å². The quantitative estimate of drug-likeness (QED) is 0.380. The molecule has 0 aromatic carbocycles. The maximum atomic E-state index is 6.04. The molecule has 0 aromatic heterocycles. The Kier molecular flexibility index (Phi) is 4.14. The summed E-state index contributed by atoms with van der Waals surface area (Å²) in [6, 6.07) is 1.05. The van der Waals surface area contributed by atoms with Crippen LogP contribution in [0, 0.1) is 5.92 Å². The Bertz CT molecular complexity index is 160. The normalized spacial score (nSPS) is 24.4. The predicted molar refractivity (Wildman–Crippen MR) is 59.2 cm³/mol. The fourth-order valence-corrected chi connectivity index (χ4v) is 3.15. The van der Waals surface area contributed by atoms with Crippen LogP contribution in [0.3, 0.4) is 0 Å². The molecule has 70 valence electrons. The van der Waals surface area contributed by atoms with Crippen LogP contribution < -0.4 is 0 Å². The van der Waals surface area contributed by atoms with Crippen molar-refractivity contribution >= 4 is 28.9 Å². The minimum atomic E-state index is -1.82. The lowest BCUT2D eigenvalue weighted by Crippen LogP contribution is -2.15. The van der Waals surface area contributed by atoms with Gasteiger partial charge in [0, 0.05) is 0 Å². The number of hydrogen-bond donors (Lipinski definition) is 0. The van der Waals surface area contributed by atoms with Gasteiger partial charge in [0.2, 0.25) is 6.69 Å².